The van der Waals surface area contributed by atoms with E-state index in [2.05, 4.69) is 6.07 Å². The summed E-state index contributed by atoms with van der Waals surface area (Å²) in [6.07, 6.45) is 0.168. The Labute approximate surface area is 128 Å². The van der Waals surface area contributed by atoms with E-state index in [1.807, 2.05) is 53.6 Å². The SMILES string of the molecule is N#C[C@H]1C[C@H](c2ccc3c(c2)OCO3)N(c2ccccc2)O1. The lowest BCUT2D eigenvalue weighted by atomic mass is 10.0. The molecule has 4 rings (SSSR count). The minimum Gasteiger partial charge on any atom is -0.454 e. The molecule has 2 aliphatic rings. The molecule has 1 fully saturated rings. The van der Waals surface area contributed by atoms with E-state index in [1.165, 1.54) is 0 Å². The molecule has 0 aliphatic carbocycles. The zero-order valence-corrected chi connectivity index (χ0v) is 11.8. The largest absolute Gasteiger partial charge is 0.454 e. The first kappa shape index (κ1) is 13.0. The first-order valence-corrected chi connectivity index (χ1v) is 7.15. The molecule has 5 heteroatoms. The first-order chi connectivity index (χ1) is 10.8. The van der Waals surface area contributed by atoms with Gasteiger partial charge in [0.05, 0.1) is 17.8 Å². The van der Waals surface area contributed by atoms with Crippen LogP contribution in [0.1, 0.15) is 18.0 Å². The summed E-state index contributed by atoms with van der Waals surface area (Å²) in [5, 5.41) is 11.0. The van der Waals surface area contributed by atoms with E-state index in [0.717, 1.165) is 22.7 Å². The smallest absolute Gasteiger partial charge is 0.231 e. The van der Waals surface area contributed by atoms with Gasteiger partial charge in [-0.05, 0) is 29.8 Å². The standard InChI is InChI=1S/C17H14N2O3/c18-10-14-9-15(19(22-14)13-4-2-1-3-5-13)12-6-7-16-17(8-12)21-11-20-16/h1-8,14-15H,9,11H2/t14-,15-/m1/s1. The summed E-state index contributed by atoms with van der Waals surface area (Å²) in [6, 6.07) is 17.8. The van der Waals surface area contributed by atoms with Crippen molar-refractivity contribution in [2.75, 3.05) is 11.9 Å². The van der Waals surface area contributed by atoms with Crippen molar-refractivity contribution in [2.45, 2.75) is 18.6 Å². The van der Waals surface area contributed by atoms with E-state index in [9.17, 15) is 5.26 Å². The van der Waals surface area contributed by atoms with Crippen LogP contribution in [0.4, 0.5) is 5.69 Å². The van der Waals surface area contributed by atoms with Crippen molar-refractivity contribution in [1.82, 2.24) is 0 Å². The van der Waals surface area contributed by atoms with Crippen molar-refractivity contribution in [2.24, 2.45) is 0 Å². The van der Waals surface area contributed by atoms with E-state index in [1.54, 1.807) is 0 Å². The molecule has 2 aromatic carbocycles. The van der Waals surface area contributed by atoms with Crippen LogP contribution in [-0.4, -0.2) is 12.9 Å². The fraction of sp³-hybridized carbons (Fsp3) is 0.235. The number of hydroxylamine groups is 1. The Morgan fingerprint density at radius 3 is 2.68 bits per heavy atom. The fourth-order valence-electron chi connectivity index (χ4n) is 2.84. The lowest BCUT2D eigenvalue weighted by Gasteiger charge is -2.24. The number of para-hydroxylation sites is 1. The monoisotopic (exact) mass is 294 g/mol. The molecule has 2 aliphatic heterocycles. The number of hydrogen-bond donors (Lipinski definition) is 0. The molecule has 22 heavy (non-hydrogen) atoms. The van der Waals surface area contributed by atoms with Crippen LogP contribution in [0.15, 0.2) is 48.5 Å². The van der Waals surface area contributed by atoms with Gasteiger partial charge in [-0.2, -0.15) is 5.26 Å². The van der Waals surface area contributed by atoms with Crippen LogP contribution < -0.4 is 14.5 Å². The van der Waals surface area contributed by atoms with Gasteiger partial charge in [-0.15, -0.1) is 0 Å². The molecule has 2 aromatic rings. The van der Waals surface area contributed by atoms with Crippen molar-refractivity contribution in [3.8, 4) is 17.6 Å². The number of nitrogens with zero attached hydrogens (tertiary/aromatic N) is 2. The molecule has 0 bridgehead atoms. The number of benzene rings is 2. The summed E-state index contributed by atoms with van der Waals surface area (Å²) in [5.41, 5.74) is 1.98. The maximum Gasteiger partial charge on any atom is 0.231 e. The van der Waals surface area contributed by atoms with Crippen LogP contribution in [0.2, 0.25) is 0 Å². The minimum absolute atomic E-state index is 0.0263. The highest BCUT2D eigenvalue weighted by Crippen LogP contribution is 2.41. The predicted molar refractivity (Wildman–Crippen MR) is 79.3 cm³/mol. The van der Waals surface area contributed by atoms with E-state index in [-0.39, 0.29) is 12.8 Å². The fourth-order valence-corrected chi connectivity index (χ4v) is 2.84. The van der Waals surface area contributed by atoms with Gasteiger partial charge in [-0.25, -0.2) is 5.06 Å². The van der Waals surface area contributed by atoms with Gasteiger partial charge in [0.25, 0.3) is 0 Å². The Hall–Kier alpha value is -2.71. The van der Waals surface area contributed by atoms with E-state index in [0.29, 0.717) is 6.42 Å². The molecule has 0 N–H and O–H groups in total. The van der Waals surface area contributed by atoms with Crippen LogP contribution in [-0.2, 0) is 4.84 Å². The third-order valence-corrected chi connectivity index (χ3v) is 3.90. The Morgan fingerprint density at radius 1 is 1.05 bits per heavy atom. The minimum atomic E-state index is -0.448. The van der Waals surface area contributed by atoms with Gasteiger partial charge >= 0.3 is 0 Å². The second kappa shape index (κ2) is 5.24. The molecule has 0 spiro atoms. The number of nitriles is 1. The molecule has 5 nitrogen and oxygen atoms in total. The van der Waals surface area contributed by atoms with Gasteiger partial charge in [0.15, 0.2) is 17.6 Å². The molecule has 2 atom stereocenters. The lowest BCUT2D eigenvalue weighted by molar-refractivity contribution is 0.118. The molecular formula is C17H14N2O3. The molecule has 0 radical (unpaired) electrons. The topological polar surface area (TPSA) is 54.7 Å². The molecule has 0 aromatic heterocycles. The Balaban J connectivity index is 1.70. The summed E-state index contributed by atoms with van der Waals surface area (Å²) in [7, 11) is 0. The molecule has 1 saturated heterocycles. The zero-order chi connectivity index (χ0) is 14.9. The van der Waals surface area contributed by atoms with Gasteiger partial charge in [0, 0.05) is 6.42 Å². The average Bonchev–Trinajstić information content (AvgIpc) is 3.21. The zero-order valence-electron chi connectivity index (χ0n) is 11.8. The Kier molecular flexibility index (Phi) is 3.10. The van der Waals surface area contributed by atoms with E-state index in [4.69, 9.17) is 14.3 Å². The molecule has 0 amide bonds. The lowest BCUT2D eigenvalue weighted by Crippen LogP contribution is -2.21. The number of anilines is 1. The molecule has 0 unspecified atom stereocenters. The Morgan fingerprint density at radius 2 is 1.86 bits per heavy atom. The first-order valence-electron chi connectivity index (χ1n) is 7.15. The summed E-state index contributed by atoms with van der Waals surface area (Å²) >= 11 is 0. The average molecular weight is 294 g/mol. The van der Waals surface area contributed by atoms with Gasteiger partial charge in [-0.3, -0.25) is 4.84 Å². The maximum atomic E-state index is 9.20. The highest BCUT2D eigenvalue weighted by Gasteiger charge is 2.35. The quantitative estimate of drug-likeness (QED) is 0.851. The van der Waals surface area contributed by atoms with Crippen molar-refractivity contribution in [1.29, 1.82) is 5.26 Å². The van der Waals surface area contributed by atoms with Crippen molar-refractivity contribution >= 4 is 5.69 Å². The van der Waals surface area contributed by atoms with Crippen LogP contribution in [0.5, 0.6) is 11.5 Å². The van der Waals surface area contributed by atoms with Crippen LogP contribution in [0.3, 0.4) is 0 Å². The normalized spacial score (nSPS) is 22.6. The van der Waals surface area contributed by atoms with Crippen molar-refractivity contribution < 1.29 is 14.3 Å². The number of hydrogen-bond acceptors (Lipinski definition) is 5. The van der Waals surface area contributed by atoms with Crippen molar-refractivity contribution in [3.05, 3.63) is 54.1 Å². The van der Waals surface area contributed by atoms with Gasteiger partial charge < -0.3 is 9.47 Å². The van der Waals surface area contributed by atoms with Crippen LogP contribution in [0, 0.1) is 11.3 Å². The highest BCUT2D eigenvalue weighted by molar-refractivity contribution is 5.51. The second-order valence-corrected chi connectivity index (χ2v) is 5.25. The van der Waals surface area contributed by atoms with E-state index < -0.39 is 6.10 Å². The summed E-state index contributed by atoms with van der Waals surface area (Å²) < 4.78 is 10.8. The molecule has 110 valence electrons. The van der Waals surface area contributed by atoms with Gasteiger partial charge in [0.2, 0.25) is 6.79 Å². The molecule has 2 heterocycles. The van der Waals surface area contributed by atoms with Crippen LogP contribution in [0.25, 0.3) is 0 Å². The number of fused-ring (bicyclic) bond motifs is 1. The van der Waals surface area contributed by atoms with Gasteiger partial charge in [0.1, 0.15) is 0 Å². The summed E-state index contributed by atoms with van der Waals surface area (Å²) in [4.78, 5) is 5.78. The van der Waals surface area contributed by atoms with Gasteiger partial charge in [-0.1, -0.05) is 24.3 Å². The van der Waals surface area contributed by atoms with E-state index >= 15 is 0 Å². The van der Waals surface area contributed by atoms with Crippen LogP contribution >= 0.6 is 0 Å². The Bertz CT molecular complexity index is 726. The molecular weight excluding hydrogens is 280 g/mol. The third-order valence-electron chi connectivity index (χ3n) is 3.90. The van der Waals surface area contributed by atoms with Crippen molar-refractivity contribution in [3.63, 3.8) is 0 Å². The number of rotatable bonds is 2. The number of ether oxygens (including phenoxy) is 2. The summed E-state index contributed by atoms with van der Waals surface area (Å²) in [6.45, 7) is 0.253. The summed E-state index contributed by atoms with van der Waals surface area (Å²) in [5.74, 6) is 1.50. The highest BCUT2D eigenvalue weighted by atomic mass is 16.7. The maximum absolute atomic E-state index is 9.20. The third kappa shape index (κ3) is 2.14. The predicted octanol–water partition coefficient (Wildman–Crippen LogP) is 3.19. The molecule has 0 saturated carbocycles. The second-order valence-electron chi connectivity index (χ2n) is 5.25.